The predicted octanol–water partition coefficient (Wildman–Crippen LogP) is 1.60. The molecule has 0 aliphatic rings. The van der Waals surface area contributed by atoms with Crippen molar-refractivity contribution in [3.8, 4) is 0 Å². The van der Waals surface area contributed by atoms with Gasteiger partial charge >= 0.3 is 0 Å². The third-order valence-electron chi connectivity index (χ3n) is 0.609. The summed E-state index contributed by atoms with van der Waals surface area (Å²) in [6, 6.07) is 0. The highest BCUT2D eigenvalue weighted by Crippen LogP contribution is 2.32. The van der Waals surface area contributed by atoms with E-state index in [0.717, 1.165) is 0 Å². The largest absolute Gasteiger partial charge is 0.361 e. The molecule has 56 valence electrons. The van der Waals surface area contributed by atoms with Gasteiger partial charge in [-0.3, -0.25) is 0 Å². The molecule has 0 bridgehead atoms. The van der Waals surface area contributed by atoms with Crippen molar-refractivity contribution in [2.75, 3.05) is 0 Å². The lowest BCUT2D eigenvalue weighted by atomic mass is 10.4. The lowest BCUT2D eigenvalue weighted by Crippen LogP contribution is -2.35. The zero-order chi connectivity index (χ0) is 7.65. The van der Waals surface area contributed by atoms with Gasteiger partial charge in [0.1, 0.15) is 0 Å². The van der Waals surface area contributed by atoms with Crippen LogP contribution in [0.5, 0.6) is 0 Å². The molecule has 0 heterocycles. The molecule has 0 aromatic carbocycles. The fourth-order valence-corrected chi connectivity index (χ4v) is 0.104. The van der Waals surface area contributed by atoms with Crippen LogP contribution >= 0.6 is 15.9 Å². The molecule has 0 rings (SSSR count). The normalized spacial score (nSPS) is 21.7. The summed E-state index contributed by atoms with van der Waals surface area (Å²) < 4.78 is 42.1. The van der Waals surface area contributed by atoms with E-state index in [-0.39, 0.29) is 0 Å². The first-order chi connectivity index (χ1) is 3.89. The van der Waals surface area contributed by atoms with Crippen LogP contribution in [0.2, 0.25) is 0 Å². The molecule has 0 aliphatic heterocycles. The van der Waals surface area contributed by atoms with Gasteiger partial charge in [-0.15, -0.1) is 0 Å². The standard InChI is InChI=1S/C3H3BrF4O/c4-3(8,1(5)6)2(7)9/h1-2,9H. The minimum absolute atomic E-state index is 1.67. The molecule has 0 fully saturated rings. The van der Waals surface area contributed by atoms with Crippen molar-refractivity contribution in [2.45, 2.75) is 17.4 Å². The topological polar surface area (TPSA) is 20.2 Å². The molecule has 2 atom stereocenters. The van der Waals surface area contributed by atoms with E-state index < -0.39 is 17.4 Å². The van der Waals surface area contributed by atoms with E-state index in [1.165, 1.54) is 0 Å². The summed E-state index contributed by atoms with van der Waals surface area (Å²) >= 11 is 1.67. The lowest BCUT2D eigenvalue weighted by Gasteiger charge is -2.16. The van der Waals surface area contributed by atoms with E-state index in [2.05, 4.69) is 0 Å². The minimum Gasteiger partial charge on any atom is -0.361 e. The zero-order valence-electron chi connectivity index (χ0n) is 3.99. The smallest absolute Gasteiger partial charge is 0.287 e. The average molecular weight is 211 g/mol. The van der Waals surface area contributed by atoms with Gasteiger partial charge in [0.25, 0.3) is 11.0 Å². The van der Waals surface area contributed by atoms with Gasteiger partial charge in [0, 0.05) is 0 Å². The molecule has 9 heavy (non-hydrogen) atoms. The van der Waals surface area contributed by atoms with Crippen molar-refractivity contribution in [1.29, 1.82) is 0 Å². The molecule has 0 aliphatic carbocycles. The maximum absolute atomic E-state index is 11.9. The van der Waals surface area contributed by atoms with E-state index in [4.69, 9.17) is 5.11 Å². The van der Waals surface area contributed by atoms with Gasteiger partial charge in [-0.2, -0.15) is 0 Å². The molecular formula is C3H3BrF4O. The second-order valence-electron chi connectivity index (χ2n) is 1.31. The monoisotopic (exact) mass is 210 g/mol. The third-order valence-corrected chi connectivity index (χ3v) is 1.33. The molecular weight excluding hydrogens is 208 g/mol. The van der Waals surface area contributed by atoms with Crippen LogP contribution in [0.15, 0.2) is 0 Å². The number of halogens is 5. The van der Waals surface area contributed by atoms with E-state index in [1.807, 2.05) is 0 Å². The molecule has 0 aromatic rings. The summed E-state index contributed by atoms with van der Waals surface area (Å²) in [5.74, 6) is 0. The molecule has 1 N–H and O–H groups in total. The Bertz CT molecular complexity index is 83.8. The first-order valence-electron chi connectivity index (χ1n) is 1.87. The fraction of sp³-hybridized carbons (Fsp3) is 1.00. The maximum atomic E-state index is 11.9. The molecule has 2 unspecified atom stereocenters. The molecule has 0 radical (unpaired) electrons. The molecule has 0 aromatic heterocycles. The zero-order valence-corrected chi connectivity index (χ0v) is 5.58. The molecule has 1 nitrogen and oxygen atoms in total. The number of rotatable bonds is 2. The third kappa shape index (κ3) is 2.09. The van der Waals surface area contributed by atoms with Gasteiger partial charge in [0.05, 0.1) is 0 Å². The Balaban J connectivity index is 4.01. The summed E-state index contributed by atoms with van der Waals surface area (Å²) in [6.07, 6.45) is -6.80. The second kappa shape index (κ2) is 2.83. The van der Waals surface area contributed by atoms with Crippen LogP contribution < -0.4 is 0 Å². The van der Waals surface area contributed by atoms with Gasteiger partial charge < -0.3 is 5.11 Å². The number of aliphatic hydroxyl groups is 1. The maximum Gasteiger partial charge on any atom is 0.287 e. The van der Waals surface area contributed by atoms with E-state index in [9.17, 15) is 17.6 Å². The predicted molar refractivity (Wildman–Crippen MR) is 25.9 cm³/mol. The molecule has 0 saturated heterocycles. The Morgan fingerprint density at radius 3 is 1.67 bits per heavy atom. The van der Waals surface area contributed by atoms with Crippen molar-refractivity contribution < 1.29 is 22.7 Å². The Labute approximate surface area is 56.8 Å². The minimum atomic E-state index is -3.63. The number of hydrogen-bond acceptors (Lipinski definition) is 1. The van der Waals surface area contributed by atoms with Crippen LogP contribution in [0, 0.1) is 0 Å². The first kappa shape index (κ1) is 9.16. The van der Waals surface area contributed by atoms with Gasteiger partial charge in [0.15, 0.2) is 0 Å². The van der Waals surface area contributed by atoms with E-state index >= 15 is 0 Å². The number of alkyl halides is 5. The Morgan fingerprint density at radius 2 is 1.67 bits per heavy atom. The van der Waals surface area contributed by atoms with E-state index in [0.29, 0.717) is 0 Å². The summed E-state index contributed by atoms with van der Waals surface area (Å²) in [5, 5.41) is 7.68. The average Bonchev–Trinajstić information content (AvgIpc) is 1.65. The molecule has 0 spiro atoms. The Hall–Kier alpha value is 0.160. The SMILES string of the molecule is OC(F)C(F)(Br)C(F)F. The highest BCUT2D eigenvalue weighted by Gasteiger charge is 2.45. The molecule has 0 saturated carbocycles. The van der Waals surface area contributed by atoms with Gasteiger partial charge in [-0.1, -0.05) is 0 Å². The van der Waals surface area contributed by atoms with Crippen LogP contribution in [-0.4, -0.2) is 22.5 Å². The summed E-state index contributed by atoms with van der Waals surface area (Å²) in [6.45, 7) is 0. The van der Waals surface area contributed by atoms with Crippen LogP contribution in [0.1, 0.15) is 0 Å². The summed E-state index contributed by atoms with van der Waals surface area (Å²) in [4.78, 5) is 0. The van der Waals surface area contributed by atoms with Gasteiger partial charge in [-0.25, -0.2) is 17.6 Å². The summed E-state index contributed by atoms with van der Waals surface area (Å²) in [5.41, 5.74) is 0. The fourth-order valence-electron chi connectivity index (χ4n) is 0.104. The van der Waals surface area contributed by atoms with Crippen molar-refractivity contribution >= 4 is 15.9 Å². The highest BCUT2D eigenvalue weighted by atomic mass is 79.9. The van der Waals surface area contributed by atoms with Crippen molar-refractivity contribution in [3.05, 3.63) is 0 Å². The van der Waals surface area contributed by atoms with Gasteiger partial charge in [-0.05, 0) is 15.9 Å². The summed E-state index contributed by atoms with van der Waals surface area (Å²) in [7, 11) is 0. The van der Waals surface area contributed by atoms with E-state index in [1.54, 1.807) is 15.9 Å². The van der Waals surface area contributed by atoms with Crippen LogP contribution in [0.25, 0.3) is 0 Å². The Kier molecular flexibility index (Phi) is 2.88. The number of aliphatic hydroxyl groups excluding tert-OH is 1. The van der Waals surface area contributed by atoms with Crippen LogP contribution in [0.4, 0.5) is 17.6 Å². The molecule has 0 amide bonds. The Morgan fingerprint density at radius 1 is 1.33 bits per heavy atom. The lowest BCUT2D eigenvalue weighted by molar-refractivity contribution is -0.105. The van der Waals surface area contributed by atoms with Crippen LogP contribution in [-0.2, 0) is 0 Å². The van der Waals surface area contributed by atoms with Crippen molar-refractivity contribution in [3.63, 3.8) is 0 Å². The van der Waals surface area contributed by atoms with Crippen molar-refractivity contribution in [1.82, 2.24) is 0 Å². The quantitative estimate of drug-likeness (QED) is 0.543. The highest BCUT2D eigenvalue weighted by molar-refractivity contribution is 9.10. The van der Waals surface area contributed by atoms with Crippen molar-refractivity contribution in [2.24, 2.45) is 0 Å². The van der Waals surface area contributed by atoms with Gasteiger partial charge in [0.2, 0.25) is 6.36 Å². The second-order valence-corrected chi connectivity index (χ2v) is 2.53. The van der Waals surface area contributed by atoms with Crippen LogP contribution in [0.3, 0.4) is 0 Å². The molecule has 6 heteroatoms. The number of hydrogen-bond donors (Lipinski definition) is 1. The first-order valence-corrected chi connectivity index (χ1v) is 2.66.